The number of benzene rings is 1. The highest BCUT2D eigenvalue weighted by molar-refractivity contribution is 6.30. The molecule has 2 aliphatic rings. The zero-order chi connectivity index (χ0) is 19.0. The highest BCUT2D eigenvalue weighted by atomic mass is 35.5. The number of anilines is 1. The lowest BCUT2D eigenvalue weighted by Crippen LogP contribution is -2.38. The van der Waals surface area contributed by atoms with E-state index in [1.54, 1.807) is 0 Å². The van der Waals surface area contributed by atoms with Crippen molar-refractivity contribution in [3.05, 3.63) is 52.8 Å². The molecule has 0 spiro atoms. The number of piperidine rings is 1. The number of aromatic nitrogens is 1. The van der Waals surface area contributed by atoms with Gasteiger partial charge in [0.2, 0.25) is 0 Å². The monoisotopic (exact) mass is 385 g/mol. The number of likely N-dealkylation sites (tertiary alicyclic amines) is 1. The molecule has 0 bridgehead atoms. The molecule has 0 N–H and O–H groups in total. The molecule has 2 aromatic rings. The lowest BCUT2D eigenvalue weighted by Gasteiger charge is -2.35. The van der Waals surface area contributed by atoms with Crippen molar-refractivity contribution in [1.82, 2.24) is 9.88 Å². The van der Waals surface area contributed by atoms with Crippen molar-refractivity contribution >= 4 is 17.3 Å². The molecule has 5 heteroatoms. The molecule has 4 nitrogen and oxygen atoms in total. The molecule has 1 fully saturated rings. The van der Waals surface area contributed by atoms with E-state index in [1.165, 1.54) is 11.1 Å². The molecule has 1 aromatic carbocycles. The van der Waals surface area contributed by atoms with Gasteiger partial charge in [-0.2, -0.15) is 0 Å². The Kier molecular flexibility index (Phi) is 5.04. The first-order valence-electron chi connectivity index (χ1n) is 9.88. The molecule has 0 radical (unpaired) electrons. The average Bonchev–Trinajstić information content (AvgIpc) is 2.93. The second-order valence-electron chi connectivity index (χ2n) is 8.08. The lowest BCUT2D eigenvalue weighted by molar-refractivity contribution is 0.103. The predicted octanol–water partition coefficient (Wildman–Crippen LogP) is 4.85. The number of pyridine rings is 1. The smallest absolute Gasteiger partial charge is 0.140 e. The Morgan fingerprint density at radius 3 is 2.70 bits per heavy atom. The van der Waals surface area contributed by atoms with Gasteiger partial charge in [-0.1, -0.05) is 24.6 Å². The van der Waals surface area contributed by atoms with Crippen LogP contribution in [0.25, 0.3) is 0 Å². The highest BCUT2D eigenvalue weighted by Crippen LogP contribution is 2.43. The molecular weight excluding hydrogens is 358 g/mol. The van der Waals surface area contributed by atoms with Crippen LogP contribution in [0.3, 0.4) is 0 Å². The summed E-state index contributed by atoms with van der Waals surface area (Å²) in [7, 11) is 0. The van der Waals surface area contributed by atoms with Crippen molar-refractivity contribution in [2.75, 3.05) is 24.5 Å². The van der Waals surface area contributed by atoms with E-state index >= 15 is 0 Å². The Morgan fingerprint density at radius 1 is 1.19 bits per heavy atom. The maximum absolute atomic E-state index is 6.28. The van der Waals surface area contributed by atoms with Crippen molar-refractivity contribution < 1.29 is 4.74 Å². The van der Waals surface area contributed by atoms with Gasteiger partial charge in [0.1, 0.15) is 11.9 Å². The van der Waals surface area contributed by atoms with Crippen molar-refractivity contribution in [1.29, 1.82) is 0 Å². The number of ether oxygens (including phenoxy) is 1. The van der Waals surface area contributed by atoms with E-state index in [2.05, 4.69) is 53.8 Å². The molecule has 1 aromatic heterocycles. The van der Waals surface area contributed by atoms with Crippen LogP contribution in [0, 0.1) is 0 Å². The van der Waals surface area contributed by atoms with Crippen molar-refractivity contribution in [2.24, 2.45) is 0 Å². The summed E-state index contributed by atoms with van der Waals surface area (Å²) in [6, 6.07) is 8.33. The van der Waals surface area contributed by atoms with Gasteiger partial charge >= 0.3 is 0 Å². The minimum absolute atomic E-state index is 0.132. The van der Waals surface area contributed by atoms with Gasteiger partial charge in [0, 0.05) is 30.7 Å². The Bertz CT molecular complexity index is 815. The van der Waals surface area contributed by atoms with Crippen LogP contribution in [0.2, 0.25) is 5.02 Å². The van der Waals surface area contributed by atoms with Crippen LogP contribution < -0.4 is 9.64 Å². The SMILES string of the molecule is CCN1CCC(Oc2cncc(N3Cc4ccc(Cl)cc4C3(C)C)c2)CC1. The fraction of sp³-hybridized carbons (Fsp3) is 0.500. The first kappa shape index (κ1) is 18.6. The first-order chi connectivity index (χ1) is 13.0. The summed E-state index contributed by atoms with van der Waals surface area (Å²) in [5, 5.41) is 0.789. The summed E-state index contributed by atoms with van der Waals surface area (Å²) < 4.78 is 6.28. The summed E-state index contributed by atoms with van der Waals surface area (Å²) in [6.45, 7) is 10.9. The van der Waals surface area contributed by atoms with Gasteiger partial charge in [0.25, 0.3) is 0 Å². The minimum atomic E-state index is -0.132. The van der Waals surface area contributed by atoms with Gasteiger partial charge in [-0.05, 0) is 56.5 Å². The van der Waals surface area contributed by atoms with Crippen molar-refractivity contribution in [2.45, 2.75) is 51.8 Å². The molecule has 0 saturated carbocycles. The van der Waals surface area contributed by atoms with Crippen LogP contribution in [0.4, 0.5) is 5.69 Å². The number of hydrogen-bond donors (Lipinski definition) is 0. The zero-order valence-corrected chi connectivity index (χ0v) is 17.2. The van der Waals surface area contributed by atoms with E-state index in [1.807, 2.05) is 18.5 Å². The standard InChI is InChI=1S/C22H28ClN3O/c1-4-25-9-7-19(8-10-25)27-20-12-18(13-24-14-20)26-15-16-5-6-17(23)11-21(16)22(26,2)3/h5-6,11-14,19H,4,7-10,15H2,1-3H3. The fourth-order valence-electron chi connectivity index (χ4n) is 4.34. The molecule has 144 valence electrons. The molecule has 0 amide bonds. The van der Waals surface area contributed by atoms with Crippen LogP contribution in [0.1, 0.15) is 44.7 Å². The van der Waals surface area contributed by atoms with Crippen LogP contribution in [0.5, 0.6) is 5.75 Å². The number of hydrogen-bond acceptors (Lipinski definition) is 4. The summed E-state index contributed by atoms with van der Waals surface area (Å²) in [5.41, 5.74) is 3.57. The van der Waals surface area contributed by atoms with Crippen LogP contribution in [-0.4, -0.2) is 35.6 Å². The number of fused-ring (bicyclic) bond motifs is 1. The third kappa shape index (κ3) is 3.65. The van der Waals surface area contributed by atoms with Crippen molar-refractivity contribution in [3.63, 3.8) is 0 Å². The van der Waals surface area contributed by atoms with E-state index < -0.39 is 0 Å². The topological polar surface area (TPSA) is 28.6 Å². The Morgan fingerprint density at radius 2 is 1.96 bits per heavy atom. The molecule has 3 heterocycles. The first-order valence-corrected chi connectivity index (χ1v) is 10.3. The normalized spacial score (nSPS) is 19.9. The average molecular weight is 386 g/mol. The van der Waals surface area contributed by atoms with Gasteiger partial charge in [-0.15, -0.1) is 0 Å². The quantitative estimate of drug-likeness (QED) is 0.751. The van der Waals surface area contributed by atoms with E-state index in [0.29, 0.717) is 0 Å². The van der Waals surface area contributed by atoms with Gasteiger partial charge in [0.05, 0.1) is 23.6 Å². The molecule has 2 aliphatic heterocycles. The number of halogens is 1. The van der Waals surface area contributed by atoms with E-state index in [0.717, 1.165) is 55.5 Å². The Labute approximate surface area is 167 Å². The van der Waals surface area contributed by atoms with E-state index in [4.69, 9.17) is 16.3 Å². The van der Waals surface area contributed by atoms with Gasteiger partial charge in [-0.3, -0.25) is 4.98 Å². The molecular formula is C22H28ClN3O. The predicted molar refractivity (Wildman–Crippen MR) is 111 cm³/mol. The van der Waals surface area contributed by atoms with E-state index in [9.17, 15) is 0 Å². The minimum Gasteiger partial charge on any atom is -0.489 e. The molecule has 4 rings (SSSR count). The van der Waals surface area contributed by atoms with Crippen molar-refractivity contribution in [3.8, 4) is 5.75 Å². The molecule has 0 aliphatic carbocycles. The van der Waals surface area contributed by atoms with Gasteiger partial charge in [-0.25, -0.2) is 0 Å². The Balaban J connectivity index is 1.52. The summed E-state index contributed by atoms with van der Waals surface area (Å²) in [6.07, 6.45) is 6.21. The fourth-order valence-corrected chi connectivity index (χ4v) is 4.51. The molecule has 0 unspecified atom stereocenters. The van der Waals surface area contributed by atoms with Crippen LogP contribution in [0.15, 0.2) is 36.7 Å². The third-order valence-corrected chi connectivity index (χ3v) is 6.26. The highest BCUT2D eigenvalue weighted by Gasteiger charge is 2.37. The molecule has 0 atom stereocenters. The maximum Gasteiger partial charge on any atom is 0.140 e. The van der Waals surface area contributed by atoms with Crippen LogP contribution in [-0.2, 0) is 12.1 Å². The summed E-state index contributed by atoms with van der Waals surface area (Å²) in [5.74, 6) is 0.868. The van der Waals surface area contributed by atoms with Crippen LogP contribution >= 0.6 is 11.6 Å². The summed E-state index contributed by atoms with van der Waals surface area (Å²) in [4.78, 5) is 9.33. The van der Waals surface area contributed by atoms with E-state index in [-0.39, 0.29) is 11.6 Å². The molecule has 1 saturated heterocycles. The second-order valence-corrected chi connectivity index (χ2v) is 8.51. The Hall–Kier alpha value is -1.78. The molecule has 27 heavy (non-hydrogen) atoms. The largest absolute Gasteiger partial charge is 0.489 e. The zero-order valence-electron chi connectivity index (χ0n) is 16.4. The second kappa shape index (κ2) is 7.33. The number of rotatable bonds is 4. The maximum atomic E-state index is 6.28. The summed E-state index contributed by atoms with van der Waals surface area (Å²) >= 11 is 6.24. The lowest BCUT2D eigenvalue weighted by atomic mass is 9.93. The van der Waals surface area contributed by atoms with Gasteiger partial charge < -0.3 is 14.5 Å². The number of nitrogens with zero attached hydrogens (tertiary/aromatic N) is 3. The third-order valence-electron chi connectivity index (χ3n) is 6.03. The van der Waals surface area contributed by atoms with Gasteiger partial charge in [0.15, 0.2) is 0 Å².